The van der Waals surface area contributed by atoms with E-state index < -0.39 is 0 Å². The fourth-order valence-corrected chi connectivity index (χ4v) is 1.96. The fraction of sp³-hybridized carbons (Fsp3) is 0.286. The van der Waals surface area contributed by atoms with Crippen LogP contribution in [0.1, 0.15) is 23.8 Å². The third-order valence-electron chi connectivity index (χ3n) is 2.85. The van der Waals surface area contributed by atoms with Crippen molar-refractivity contribution in [2.45, 2.75) is 13.3 Å². The molecule has 2 rings (SSSR count). The molecule has 0 unspecified atom stereocenters. The number of rotatable bonds is 4. The Labute approximate surface area is 112 Å². The van der Waals surface area contributed by atoms with E-state index in [1.807, 2.05) is 25.1 Å². The molecule has 19 heavy (non-hydrogen) atoms. The molecule has 2 aromatic rings. The van der Waals surface area contributed by atoms with Gasteiger partial charge < -0.3 is 10.6 Å². The van der Waals surface area contributed by atoms with E-state index in [4.69, 9.17) is 5.73 Å². The molecular formula is C14H18N4O. The summed E-state index contributed by atoms with van der Waals surface area (Å²) < 4.78 is 1.62. The van der Waals surface area contributed by atoms with Crippen molar-refractivity contribution in [3.8, 4) is 0 Å². The highest BCUT2D eigenvalue weighted by Gasteiger charge is 2.20. The van der Waals surface area contributed by atoms with Gasteiger partial charge in [-0.1, -0.05) is 19.1 Å². The molecule has 5 heteroatoms. The van der Waals surface area contributed by atoms with Crippen LogP contribution in [0.2, 0.25) is 0 Å². The van der Waals surface area contributed by atoms with Gasteiger partial charge in [-0.2, -0.15) is 5.10 Å². The van der Waals surface area contributed by atoms with E-state index in [-0.39, 0.29) is 5.91 Å². The topological polar surface area (TPSA) is 64.2 Å². The van der Waals surface area contributed by atoms with Crippen molar-refractivity contribution in [1.82, 2.24) is 9.78 Å². The zero-order chi connectivity index (χ0) is 13.8. The van der Waals surface area contributed by atoms with E-state index >= 15 is 0 Å². The third-order valence-corrected chi connectivity index (χ3v) is 2.85. The Morgan fingerprint density at radius 2 is 2.11 bits per heavy atom. The lowest BCUT2D eigenvalue weighted by molar-refractivity contribution is 0.0981. The van der Waals surface area contributed by atoms with Crippen LogP contribution in [-0.4, -0.2) is 22.2 Å². The molecule has 2 N–H and O–H groups in total. The van der Waals surface area contributed by atoms with Crippen LogP contribution in [0.3, 0.4) is 0 Å². The van der Waals surface area contributed by atoms with Crippen LogP contribution in [0, 0.1) is 0 Å². The second-order valence-electron chi connectivity index (χ2n) is 4.39. The minimum Gasteiger partial charge on any atom is -0.397 e. The highest BCUT2D eigenvalue weighted by molar-refractivity contribution is 6.06. The molecule has 0 spiro atoms. The Bertz CT molecular complexity index is 576. The molecule has 1 aromatic carbocycles. The largest absolute Gasteiger partial charge is 0.397 e. The zero-order valence-corrected chi connectivity index (χ0v) is 11.2. The van der Waals surface area contributed by atoms with Gasteiger partial charge in [0.15, 0.2) is 5.69 Å². The molecule has 0 saturated carbocycles. The molecular weight excluding hydrogens is 240 g/mol. The molecule has 0 aliphatic heterocycles. The predicted molar refractivity (Wildman–Crippen MR) is 76.0 cm³/mol. The van der Waals surface area contributed by atoms with E-state index in [1.165, 1.54) is 0 Å². The number of benzene rings is 1. The van der Waals surface area contributed by atoms with Crippen LogP contribution in [-0.2, 0) is 7.05 Å². The molecule has 100 valence electrons. The van der Waals surface area contributed by atoms with E-state index in [9.17, 15) is 4.79 Å². The van der Waals surface area contributed by atoms with Crippen molar-refractivity contribution < 1.29 is 4.79 Å². The van der Waals surface area contributed by atoms with Crippen LogP contribution in [0.4, 0.5) is 11.4 Å². The van der Waals surface area contributed by atoms with Gasteiger partial charge in [-0.3, -0.25) is 9.48 Å². The number of aromatic nitrogens is 2. The summed E-state index contributed by atoms with van der Waals surface area (Å²) in [5, 5.41) is 4.15. The first-order valence-electron chi connectivity index (χ1n) is 6.29. The van der Waals surface area contributed by atoms with Crippen molar-refractivity contribution in [3.05, 3.63) is 42.2 Å². The molecule has 0 aliphatic carbocycles. The molecule has 0 aliphatic rings. The van der Waals surface area contributed by atoms with Crippen molar-refractivity contribution in [2.24, 2.45) is 7.05 Å². The van der Waals surface area contributed by atoms with Crippen LogP contribution in [0.15, 0.2) is 36.5 Å². The summed E-state index contributed by atoms with van der Waals surface area (Å²) >= 11 is 0. The number of nitrogens with zero attached hydrogens (tertiary/aromatic N) is 3. The van der Waals surface area contributed by atoms with E-state index in [0.29, 0.717) is 17.9 Å². The predicted octanol–water partition coefficient (Wildman–Crippen LogP) is 2.06. The molecule has 0 atom stereocenters. The Morgan fingerprint density at radius 1 is 1.37 bits per heavy atom. The average molecular weight is 258 g/mol. The Hall–Kier alpha value is -2.30. The summed E-state index contributed by atoms with van der Waals surface area (Å²) in [5.41, 5.74) is 7.72. The van der Waals surface area contributed by atoms with Gasteiger partial charge in [0.1, 0.15) is 0 Å². The maximum absolute atomic E-state index is 12.5. The molecule has 0 saturated heterocycles. The first kappa shape index (κ1) is 13.1. The summed E-state index contributed by atoms with van der Waals surface area (Å²) in [6.07, 6.45) is 2.61. The van der Waals surface area contributed by atoms with E-state index in [2.05, 4.69) is 5.10 Å². The number of nitrogen functional groups attached to an aromatic ring is 1. The van der Waals surface area contributed by atoms with Gasteiger partial charge in [0.2, 0.25) is 0 Å². The minimum atomic E-state index is -0.125. The normalized spacial score (nSPS) is 10.4. The molecule has 0 fully saturated rings. The highest BCUT2D eigenvalue weighted by Crippen LogP contribution is 2.24. The number of hydrogen-bond donors (Lipinski definition) is 1. The second-order valence-corrected chi connectivity index (χ2v) is 4.39. The smallest absolute Gasteiger partial charge is 0.278 e. The quantitative estimate of drug-likeness (QED) is 0.854. The number of carbonyl (C=O) groups excluding carboxylic acids is 1. The van der Waals surface area contributed by atoms with Crippen molar-refractivity contribution in [3.63, 3.8) is 0 Å². The number of para-hydroxylation sites is 2. The van der Waals surface area contributed by atoms with Crippen LogP contribution < -0.4 is 10.6 Å². The summed E-state index contributed by atoms with van der Waals surface area (Å²) in [4.78, 5) is 14.2. The Morgan fingerprint density at radius 3 is 2.68 bits per heavy atom. The Balaban J connectivity index is 2.35. The number of aryl methyl sites for hydroxylation is 1. The Kier molecular flexibility index (Phi) is 3.85. The van der Waals surface area contributed by atoms with Crippen LogP contribution in [0.25, 0.3) is 0 Å². The van der Waals surface area contributed by atoms with Gasteiger partial charge in [-0.05, 0) is 24.6 Å². The van der Waals surface area contributed by atoms with Crippen molar-refractivity contribution in [2.75, 3.05) is 17.2 Å². The van der Waals surface area contributed by atoms with Gasteiger partial charge in [-0.25, -0.2) is 0 Å². The summed E-state index contributed by atoms with van der Waals surface area (Å²) in [6, 6.07) is 9.09. The standard InChI is InChI=1S/C14H18N4O/c1-3-9-18(13-7-5-4-6-11(13)15)14(19)12-8-10-17(2)16-12/h4-8,10H,3,9,15H2,1-2H3. The second kappa shape index (κ2) is 5.56. The highest BCUT2D eigenvalue weighted by atomic mass is 16.2. The molecule has 1 aromatic heterocycles. The monoisotopic (exact) mass is 258 g/mol. The van der Waals surface area contributed by atoms with Gasteiger partial charge >= 0.3 is 0 Å². The zero-order valence-electron chi connectivity index (χ0n) is 11.2. The summed E-state index contributed by atoms with van der Waals surface area (Å²) in [7, 11) is 1.79. The summed E-state index contributed by atoms with van der Waals surface area (Å²) in [6.45, 7) is 2.64. The van der Waals surface area contributed by atoms with Crippen LogP contribution in [0.5, 0.6) is 0 Å². The maximum atomic E-state index is 12.5. The first-order valence-corrected chi connectivity index (χ1v) is 6.29. The number of anilines is 2. The SMILES string of the molecule is CCCN(C(=O)c1ccn(C)n1)c1ccccc1N. The van der Waals surface area contributed by atoms with Crippen molar-refractivity contribution in [1.29, 1.82) is 0 Å². The van der Waals surface area contributed by atoms with Gasteiger partial charge in [0, 0.05) is 19.8 Å². The van der Waals surface area contributed by atoms with Gasteiger partial charge in [0.05, 0.1) is 11.4 Å². The van der Waals surface area contributed by atoms with Crippen molar-refractivity contribution >= 4 is 17.3 Å². The first-order chi connectivity index (χ1) is 9.13. The number of nitrogens with two attached hydrogens (primary N) is 1. The number of hydrogen-bond acceptors (Lipinski definition) is 3. The van der Waals surface area contributed by atoms with E-state index in [1.54, 1.807) is 35.0 Å². The lowest BCUT2D eigenvalue weighted by Crippen LogP contribution is -2.32. The van der Waals surface area contributed by atoms with E-state index in [0.717, 1.165) is 12.1 Å². The fourth-order valence-electron chi connectivity index (χ4n) is 1.96. The molecule has 0 radical (unpaired) electrons. The van der Waals surface area contributed by atoms with Crippen LogP contribution >= 0.6 is 0 Å². The lowest BCUT2D eigenvalue weighted by atomic mass is 10.2. The van der Waals surface area contributed by atoms with Gasteiger partial charge in [0.25, 0.3) is 5.91 Å². The third kappa shape index (κ3) is 2.76. The minimum absolute atomic E-state index is 0.125. The number of amides is 1. The van der Waals surface area contributed by atoms with Gasteiger partial charge in [-0.15, -0.1) is 0 Å². The average Bonchev–Trinajstić information content (AvgIpc) is 2.83. The molecule has 5 nitrogen and oxygen atoms in total. The summed E-state index contributed by atoms with van der Waals surface area (Å²) in [5.74, 6) is -0.125. The number of carbonyl (C=O) groups is 1. The lowest BCUT2D eigenvalue weighted by Gasteiger charge is -2.22. The molecule has 1 heterocycles. The molecule has 0 bridgehead atoms. The maximum Gasteiger partial charge on any atom is 0.278 e. The molecule has 1 amide bonds.